The second kappa shape index (κ2) is 4.82. The van der Waals surface area contributed by atoms with Gasteiger partial charge in [-0.15, -0.1) is 4.31 Å². The maximum absolute atomic E-state index is 11.5. The lowest BCUT2D eigenvalue weighted by atomic mass is 10.1. The third kappa shape index (κ3) is 2.53. The van der Waals surface area contributed by atoms with E-state index in [1.54, 1.807) is 12.5 Å². The van der Waals surface area contributed by atoms with E-state index in [0.29, 0.717) is 0 Å². The summed E-state index contributed by atoms with van der Waals surface area (Å²) in [6.45, 7) is 0.917. The zero-order valence-corrected chi connectivity index (χ0v) is 10.9. The third-order valence-corrected chi connectivity index (χ3v) is 4.18. The number of hydrogen-bond donors (Lipinski definition) is 0. The Balaban J connectivity index is 2.22. The Bertz CT molecular complexity index is 348. The van der Waals surface area contributed by atoms with E-state index in [-0.39, 0.29) is 6.04 Å². The van der Waals surface area contributed by atoms with Gasteiger partial charge in [0.2, 0.25) is 0 Å². The van der Waals surface area contributed by atoms with E-state index in [2.05, 4.69) is 27.0 Å². The largest absolute Gasteiger partial charge is 0.598 e. The molecule has 0 radical (unpaired) electrons. The number of halogens is 1. The molecule has 2 atom stereocenters. The summed E-state index contributed by atoms with van der Waals surface area (Å²) in [5, 5.41) is 0. The molecule has 15 heavy (non-hydrogen) atoms. The number of aromatic nitrogens is 1. The van der Waals surface area contributed by atoms with E-state index in [9.17, 15) is 4.55 Å². The first kappa shape index (κ1) is 11.4. The average molecular weight is 289 g/mol. The van der Waals surface area contributed by atoms with Crippen LogP contribution in [0.3, 0.4) is 0 Å². The van der Waals surface area contributed by atoms with Crippen molar-refractivity contribution >= 4 is 27.3 Å². The van der Waals surface area contributed by atoms with E-state index in [4.69, 9.17) is 0 Å². The Kier molecular flexibility index (Phi) is 3.66. The van der Waals surface area contributed by atoms with Crippen molar-refractivity contribution in [1.29, 1.82) is 0 Å². The highest BCUT2D eigenvalue weighted by atomic mass is 79.9. The highest BCUT2D eigenvalue weighted by Crippen LogP contribution is 2.34. The quantitative estimate of drug-likeness (QED) is 0.784. The highest BCUT2D eigenvalue weighted by Gasteiger charge is 2.32. The second-order valence-corrected chi connectivity index (χ2v) is 5.89. The van der Waals surface area contributed by atoms with Crippen molar-refractivity contribution in [3.05, 3.63) is 28.5 Å². The molecule has 2 heterocycles. The van der Waals surface area contributed by atoms with Crippen LogP contribution in [-0.2, 0) is 11.4 Å². The van der Waals surface area contributed by atoms with Gasteiger partial charge in [0.1, 0.15) is 6.26 Å². The first-order valence-electron chi connectivity index (χ1n) is 4.89. The fourth-order valence-electron chi connectivity index (χ4n) is 1.99. The van der Waals surface area contributed by atoms with Crippen LogP contribution in [0.1, 0.15) is 24.4 Å². The minimum Gasteiger partial charge on any atom is -0.598 e. The lowest BCUT2D eigenvalue weighted by Crippen LogP contribution is -2.29. The predicted molar refractivity (Wildman–Crippen MR) is 64.7 cm³/mol. The molecule has 0 N–H and O–H groups in total. The minimum atomic E-state index is -0.888. The maximum Gasteiger partial charge on any atom is 0.115 e. The summed E-state index contributed by atoms with van der Waals surface area (Å²) >= 11 is 2.52. The lowest BCUT2D eigenvalue weighted by Gasteiger charge is -2.23. The van der Waals surface area contributed by atoms with Gasteiger partial charge in [-0.3, -0.25) is 4.98 Å². The van der Waals surface area contributed by atoms with E-state index < -0.39 is 11.4 Å². The molecule has 82 valence electrons. The molecule has 0 amide bonds. The number of rotatable bonds is 2. The van der Waals surface area contributed by atoms with Crippen LogP contribution in [0, 0.1) is 0 Å². The van der Waals surface area contributed by atoms with Gasteiger partial charge in [0, 0.05) is 34.8 Å². The first-order chi connectivity index (χ1) is 7.18. The Hall–Kier alpha value is -0.100. The fourth-order valence-corrected chi connectivity index (χ4v) is 3.35. The Labute approximate surface area is 101 Å². The van der Waals surface area contributed by atoms with Crippen molar-refractivity contribution in [2.45, 2.75) is 18.9 Å². The van der Waals surface area contributed by atoms with Crippen LogP contribution >= 0.6 is 15.9 Å². The van der Waals surface area contributed by atoms with Gasteiger partial charge in [-0.25, -0.2) is 0 Å². The summed E-state index contributed by atoms with van der Waals surface area (Å²) < 4.78 is 14.5. The van der Waals surface area contributed by atoms with Crippen molar-refractivity contribution in [2.75, 3.05) is 12.8 Å². The summed E-state index contributed by atoms with van der Waals surface area (Å²) in [5.41, 5.74) is 1.15. The normalized spacial score (nSPS) is 24.3. The molecule has 0 spiro atoms. The molecule has 0 aliphatic carbocycles. The number of pyridine rings is 1. The maximum atomic E-state index is 11.5. The van der Waals surface area contributed by atoms with Crippen LogP contribution in [0.4, 0.5) is 0 Å². The molecule has 5 heteroatoms. The second-order valence-electron chi connectivity index (χ2n) is 3.66. The van der Waals surface area contributed by atoms with E-state index in [1.807, 2.05) is 10.5 Å². The zero-order chi connectivity index (χ0) is 10.8. The molecule has 0 bridgehead atoms. The molecule has 1 aliphatic rings. The summed E-state index contributed by atoms with van der Waals surface area (Å²) in [6, 6.07) is 2.32. The third-order valence-electron chi connectivity index (χ3n) is 2.64. The van der Waals surface area contributed by atoms with Gasteiger partial charge < -0.3 is 4.55 Å². The van der Waals surface area contributed by atoms with E-state index in [0.717, 1.165) is 29.4 Å². The van der Waals surface area contributed by atoms with Crippen molar-refractivity contribution in [3.63, 3.8) is 0 Å². The molecule has 0 aromatic carbocycles. The monoisotopic (exact) mass is 288 g/mol. The average Bonchev–Trinajstić information content (AvgIpc) is 2.65. The van der Waals surface area contributed by atoms with Crippen molar-refractivity contribution in [1.82, 2.24) is 9.29 Å². The van der Waals surface area contributed by atoms with Gasteiger partial charge >= 0.3 is 0 Å². The van der Waals surface area contributed by atoms with Crippen molar-refractivity contribution in [2.24, 2.45) is 0 Å². The first-order valence-corrected chi connectivity index (χ1v) is 7.20. The van der Waals surface area contributed by atoms with E-state index >= 15 is 0 Å². The molecule has 0 saturated carbocycles. The van der Waals surface area contributed by atoms with Crippen LogP contribution in [0.25, 0.3) is 0 Å². The Morgan fingerprint density at radius 2 is 2.40 bits per heavy atom. The summed E-state index contributed by atoms with van der Waals surface area (Å²) in [4.78, 5) is 4.15. The van der Waals surface area contributed by atoms with Gasteiger partial charge in [-0.05, 0) is 40.4 Å². The zero-order valence-electron chi connectivity index (χ0n) is 8.52. The van der Waals surface area contributed by atoms with Crippen LogP contribution in [0.15, 0.2) is 22.9 Å². The summed E-state index contributed by atoms with van der Waals surface area (Å²) in [7, 11) is 0. The van der Waals surface area contributed by atoms with Crippen LogP contribution in [0.2, 0.25) is 0 Å². The molecule has 2 rings (SSSR count). The smallest absolute Gasteiger partial charge is 0.115 e. The molecule has 3 nitrogen and oxygen atoms in total. The SMILES string of the molecule is C[S+]([O-])N1CCCC1c1cncc(Br)c1. The Morgan fingerprint density at radius 3 is 3.07 bits per heavy atom. The molecule has 1 aromatic heterocycles. The molecule has 1 aliphatic heterocycles. The van der Waals surface area contributed by atoms with Crippen LogP contribution in [0.5, 0.6) is 0 Å². The number of hydrogen-bond acceptors (Lipinski definition) is 3. The number of nitrogens with zero attached hydrogens (tertiary/aromatic N) is 2. The minimum absolute atomic E-state index is 0.265. The topological polar surface area (TPSA) is 39.2 Å². The standard InChI is InChI=1S/C10H13BrN2OS/c1-15(14)13-4-2-3-10(13)8-5-9(11)7-12-6-8/h5-7,10H,2-4H2,1H3. The molecule has 1 fully saturated rings. The van der Waals surface area contributed by atoms with Crippen LogP contribution < -0.4 is 0 Å². The molecular formula is C10H13BrN2OS. The van der Waals surface area contributed by atoms with Gasteiger partial charge in [0.25, 0.3) is 0 Å². The molecule has 1 saturated heterocycles. The summed E-state index contributed by atoms with van der Waals surface area (Å²) in [6.07, 6.45) is 7.55. The van der Waals surface area contributed by atoms with Gasteiger partial charge in [-0.1, -0.05) is 0 Å². The van der Waals surface area contributed by atoms with Crippen molar-refractivity contribution in [3.8, 4) is 0 Å². The van der Waals surface area contributed by atoms with Gasteiger partial charge in [0.15, 0.2) is 0 Å². The van der Waals surface area contributed by atoms with E-state index in [1.165, 1.54) is 0 Å². The van der Waals surface area contributed by atoms with Gasteiger partial charge in [0.05, 0.1) is 6.04 Å². The Morgan fingerprint density at radius 1 is 1.60 bits per heavy atom. The predicted octanol–water partition coefficient (Wildman–Crippen LogP) is 2.27. The van der Waals surface area contributed by atoms with Gasteiger partial charge in [-0.2, -0.15) is 0 Å². The highest BCUT2D eigenvalue weighted by molar-refractivity contribution is 9.10. The molecule has 2 unspecified atom stereocenters. The summed E-state index contributed by atoms with van der Waals surface area (Å²) in [5.74, 6) is 0. The van der Waals surface area contributed by atoms with Crippen LogP contribution in [-0.4, -0.2) is 26.6 Å². The lowest BCUT2D eigenvalue weighted by molar-refractivity contribution is 0.399. The molecular weight excluding hydrogens is 276 g/mol. The fraction of sp³-hybridized carbons (Fsp3) is 0.500. The molecule has 1 aromatic rings. The van der Waals surface area contributed by atoms with Crippen molar-refractivity contribution < 1.29 is 4.55 Å².